The van der Waals surface area contributed by atoms with E-state index in [1.807, 2.05) is 119 Å². The van der Waals surface area contributed by atoms with Gasteiger partial charge in [-0.1, -0.05) is 136 Å². The summed E-state index contributed by atoms with van der Waals surface area (Å²) in [4.78, 5) is 62.3. The van der Waals surface area contributed by atoms with Gasteiger partial charge in [0.25, 0.3) is 0 Å². The molecule has 0 bridgehead atoms. The Morgan fingerprint density at radius 2 is 0.852 bits per heavy atom. The van der Waals surface area contributed by atoms with E-state index in [4.69, 9.17) is 9.47 Å². The molecule has 8 rings (SSSR count). The van der Waals surface area contributed by atoms with Gasteiger partial charge in [0, 0.05) is 24.2 Å². The van der Waals surface area contributed by atoms with Crippen LogP contribution in [0, 0.1) is 22.9 Å². The summed E-state index contributed by atoms with van der Waals surface area (Å²) in [5, 5.41) is 0. The van der Waals surface area contributed by atoms with Gasteiger partial charge in [0.05, 0.1) is 24.2 Å². The zero-order chi connectivity index (χ0) is 43.1. The molecule has 12 heteroatoms. The molecule has 6 atom stereocenters. The zero-order valence-electron chi connectivity index (χ0n) is 35.6. The second-order valence-corrected chi connectivity index (χ2v) is 27.8. The van der Waals surface area contributed by atoms with E-state index in [1.54, 1.807) is 9.80 Å². The summed E-state index contributed by atoms with van der Waals surface area (Å²) in [5.41, 5.74) is 12.2. The van der Waals surface area contributed by atoms with Gasteiger partial charge in [-0.2, -0.15) is 0 Å². The van der Waals surface area contributed by atoms with Crippen molar-refractivity contribution in [2.45, 2.75) is 82.0 Å². The molecule has 0 aromatic heterocycles. The molecule has 4 aliphatic rings. The van der Waals surface area contributed by atoms with Crippen molar-refractivity contribution in [3.8, 4) is 22.9 Å². The van der Waals surface area contributed by atoms with Crippen LogP contribution >= 0.6 is 0 Å². The highest BCUT2D eigenvalue weighted by Gasteiger charge is 2.58. The molecule has 61 heavy (non-hydrogen) atoms. The van der Waals surface area contributed by atoms with Crippen molar-refractivity contribution in [3.63, 3.8) is 0 Å². The number of cyclic esters (lactones) is 2. The van der Waals surface area contributed by atoms with Crippen LogP contribution in [0.3, 0.4) is 0 Å². The fourth-order valence-electron chi connectivity index (χ4n) is 8.63. The predicted molar refractivity (Wildman–Crippen MR) is 239 cm³/mol. The van der Waals surface area contributed by atoms with Gasteiger partial charge in [-0.25, -0.2) is 9.59 Å². The number of nitrogens with zero attached hydrogens (tertiary/aromatic N) is 4. The van der Waals surface area contributed by atoms with Gasteiger partial charge < -0.3 is 19.3 Å². The number of likely N-dealkylation sites (tertiary alicyclic amines) is 2. The number of hydrogen-bond donors (Lipinski definition) is 0. The van der Waals surface area contributed by atoms with Crippen molar-refractivity contribution >= 4 is 40.1 Å². The molecule has 312 valence electrons. The van der Waals surface area contributed by atoms with Crippen LogP contribution in [0.15, 0.2) is 109 Å². The van der Waals surface area contributed by atoms with Crippen LogP contribution in [-0.4, -0.2) is 98.1 Å². The molecule has 0 spiro atoms. The number of amides is 4. The molecule has 4 aliphatic heterocycles. The van der Waals surface area contributed by atoms with Crippen LogP contribution in [0.2, 0.25) is 39.3 Å². The summed E-state index contributed by atoms with van der Waals surface area (Å²) < 4.78 is 11.2. The van der Waals surface area contributed by atoms with Crippen molar-refractivity contribution in [2.75, 3.05) is 26.3 Å². The molecular weight excluding hydrogens is 797 g/mol. The first kappa shape index (κ1) is 41.6. The fraction of sp³-hybridized carbons (Fsp3) is 0.347. The van der Waals surface area contributed by atoms with E-state index in [0.717, 1.165) is 33.4 Å². The Hall–Kier alpha value is -6.09. The Bertz CT molecular complexity index is 2260. The molecule has 4 saturated heterocycles. The number of rotatable bonds is 10. The minimum absolute atomic E-state index is 0.158. The van der Waals surface area contributed by atoms with E-state index in [-0.39, 0.29) is 25.0 Å². The van der Waals surface area contributed by atoms with Crippen molar-refractivity contribution in [2.24, 2.45) is 0 Å². The SMILES string of the molecule is C[Si](C)(C)C#Cc1ccc([C@@H]2[C@H](N3C(=O)OC[C@@H]3c3ccccc3)C(=O)N2CCCN2C(=O)[C@@H](N3C(=O)OC[C@@H]3c3ccccc3)[C@H]2c2ccc(C#C[Si](C)(C)C)cc2)cc1. The lowest BCUT2D eigenvalue weighted by atomic mass is 9.84. The summed E-state index contributed by atoms with van der Waals surface area (Å²) in [7, 11) is -3.20. The highest BCUT2D eigenvalue weighted by molar-refractivity contribution is 6.84. The zero-order valence-corrected chi connectivity index (χ0v) is 37.6. The molecule has 0 N–H and O–H groups in total. The van der Waals surface area contributed by atoms with Crippen LogP contribution < -0.4 is 0 Å². The molecule has 4 heterocycles. The number of β-lactam (4-membered cyclic amide) rings is 2. The van der Waals surface area contributed by atoms with Gasteiger partial charge in [-0.05, 0) is 52.9 Å². The molecule has 10 nitrogen and oxygen atoms in total. The Balaban J connectivity index is 1.06. The Labute approximate surface area is 360 Å². The summed E-state index contributed by atoms with van der Waals surface area (Å²) in [5.74, 6) is 6.29. The summed E-state index contributed by atoms with van der Waals surface area (Å²) in [6, 6.07) is 32.0. The van der Waals surface area contributed by atoms with Crippen molar-refractivity contribution < 1.29 is 28.7 Å². The molecular formula is C49H52N4O6Si2. The first-order valence-corrected chi connectivity index (χ1v) is 28.1. The number of carbonyl (C=O) groups excluding carboxylic acids is 4. The third-order valence-corrected chi connectivity index (χ3v) is 13.3. The fourth-order valence-corrected chi connectivity index (χ4v) is 9.67. The minimum atomic E-state index is -1.60. The normalized spacial score (nSPS) is 23.6. The lowest BCUT2D eigenvalue weighted by molar-refractivity contribution is -0.161. The molecule has 4 aromatic carbocycles. The maximum atomic E-state index is 14.3. The van der Waals surface area contributed by atoms with Crippen LogP contribution in [-0.2, 0) is 19.1 Å². The van der Waals surface area contributed by atoms with Crippen molar-refractivity contribution in [1.29, 1.82) is 0 Å². The molecule has 0 aliphatic carbocycles. The second kappa shape index (κ2) is 16.8. The Morgan fingerprint density at radius 1 is 0.492 bits per heavy atom. The first-order valence-electron chi connectivity index (χ1n) is 21.1. The summed E-state index contributed by atoms with van der Waals surface area (Å²) in [6.07, 6.45) is -0.551. The molecule has 0 saturated carbocycles. The van der Waals surface area contributed by atoms with E-state index in [0.29, 0.717) is 19.5 Å². The van der Waals surface area contributed by atoms with Gasteiger partial charge in [0.15, 0.2) is 0 Å². The number of benzene rings is 4. The number of ether oxygens (including phenoxy) is 2. The summed E-state index contributed by atoms with van der Waals surface area (Å²) in [6.45, 7) is 14.2. The average molecular weight is 849 g/mol. The van der Waals surface area contributed by atoms with Crippen molar-refractivity contribution in [3.05, 3.63) is 143 Å². The second-order valence-electron chi connectivity index (χ2n) is 18.3. The highest BCUT2D eigenvalue weighted by atomic mass is 28.3. The van der Waals surface area contributed by atoms with E-state index >= 15 is 0 Å². The molecule has 4 amide bonds. The van der Waals surface area contributed by atoms with Crippen molar-refractivity contribution in [1.82, 2.24) is 19.6 Å². The first-order chi connectivity index (χ1) is 29.2. The van der Waals surface area contributed by atoms with Gasteiger partial charge in [0.1, 0.15) is 41.4 Å². The minimum Gasteiger partial charge on any atom is -0.447 e. The lowest BCUT2D eigenvalue weighted by Crippen LogP contribution is -2.67. The topological polar surface area (TPSA) is 99.7 Å². The Kier molecular flexibility index (Phi) is 11.4. The third kappa shape index (κ3) is 8.61. The molecule has 4 aromatic rings. The van der Waals surface area contributed by atoms with Crippen LogP contribution in [0.5, 0.6) is 0 Å². The van der Waals surface area contributed by atoms with E-state index < -0.39 is 64.6 Å². The van der Waals surface area contributed by atoms with Gasteiger partial charge in [-0.3, -0.25) is 19.4 Å². The van der Waals surface area contributed by atoms with Gasteiger partial charge in [-0.15, -0.1) is 11.1 Å². The lowest BCUT2D eigenvalue weighted by Gasteiger charge is -2.53. The Morgan fingerprint density at radius 3 is 1.20 bits per heavy atom. The van der Waals surface area contributed by atoms with Crippen LogP contribution in [0.25, 0.3) is 0 Å². The third-order valence-electron chi connectivity index (χ3n) is 11.6. The summed E-state index contributed by atoms with van der Waals surface area (Å²) >= 11 is 0. The smallest absolute Gasteiger partial charge is 0.411 e. The monoisotopic (exact) mass is 848 g/mol. The van der Waals surface area contributed by atoms with E-state index in [9.17, 15) is 19.2 Å². The number of hydrogen-bond acceptors (Lipinski definition) is 6. The quantitative estimate of drug-likeness (QED) is 0.0909. The molecule has 0 radical (unpaired) electrons. The molecule has 4 fully saturated rings. The van der Waals surface area contributed by atoms with Gasteiger partial charge in [0.2, 0.25) is 11.8 Å². The van der Waals surface area contributed by atoms with E-state index in [1.165, 1.54) is 0 Å². The van der Waals surface area contributed by atoms with Gasteiger partial charge >= 0.3 is 12.2 Å². The van der Waals surface area contributed by atoms with E-state index in [2.05, 4.69) is 62.2 Å². The maximum Gasteiger partial charge on any atom is 0.411 e. The maximum absolute atomic E-state index is 14.3. The number of carbonyl (C=O) groups is 4. The standard InChI is InChI=1S/C49H52N4O6Si2/c1-60(2,3)30-26-34-18-22-38(23-19-34)42-44(52-40(32-58-48(52)56)36-14-9-7-10-15-36)46(54)50(42)28-13-29-51-43(39-24-20-35(21-25-39)27-31-61(4,5)6)45(47(51)55)53-41(33-59-49(53)57)37-16-11-8-12-17-37/h7-12,14-25,40-45H,13,28-29,32-33H2,1-6H3/t40-,41-,42-,43-,44+,45+/m1/s1. The average Bonchev–Trinajstić information content (AvgIpc) is 3.81. The van der Waals surface area contributed by atoms with Crippen LogP contribution in [0.1, 0.15) is 64.0 Å². The highest BCUT2D eigenvalue weighted by Crippen LogP contribution is 2.46. The van der Waals surface area contributed by atoms with Crippen LogP contribution in [0.4, 0.5) is 9.59 Å². The largest absolute Gasteiger partial charge is 0.447 e. The molecule has 0 unspecified atom stereocenters. The predicted octanol–water partition coefficient (Wildman–Crippen LogP) is 8.13.